The highest BCUT2D eigenvalue weighted by atomic mass is 19.4. The third-order valence-corrected chi connectivity index (χ3v) is 6.00. The van der Waals surface area contributed by atoms with Crippen molar-refractivity contribution in [2.45, 2.75) is 24.7 Å². The zero-order valence-electron chi connectivity index (χ0n) is 18.2. The molecular formula is C24H19F4N3O4. The maximum absolute atomic E-state index is 13.8. The summed E-state index contributed by atoms with van der Waals surface area (Å²) in [6.07, 6.45) is -1.33. The summed E-state index contributed by atoms with van der Waals surface area (Å²) < 4.78 is 62.1. The van der Waals surface area contributed by atoms with E-state index >= 15 is 0 Å². The molecule has 182 valence electrons. The summed E-state index contributed by atoms with van der Waals surface area (Å²) in [5.74, 6) is -1.14. The van der Waals surface area contributed by atoms with E-state index in [4.69, 9.17) is 9.47 Å². The molecule has 1 atom stereocenters. The third kappa shape index (κ3) is 4.44. The summed E-state index contributed by atoms with van der Waals surface area (Å²) in [4.78, 5) is 23.1. The summed E-state index contributed by atoms with van der Waals surface area (Å²) in [6.45, 7) is -0.954. The van der Waals surface area contributed by atoms with Crippen molar-refractivity contribution in [1.82, 2.24) is 9.97 Å². The maximum Gasteiger partial charge on any atom is 0.422 e. The van der Waals surface area contributed by atoms with Crippen molar-refractivity contribution in [2.75, 3.05) is 24.7 Å². The fourth-order valence-electron chi connectivity index (χ4n) is 4.22. The predicted octanol–water partition coefficient (Wildman–Crippen LogP) is 3.99. The molecular weight excluding hydrogens is 470 g/mol. The first-order chi connectivity index (χ1) is 16.6. The molecule has 3 aromatic rings. The van der Waals surface area contributed by atoms with Crippen LogP contribution in [-0.4, -0.2) is 47.0 Å². The van der Waals surface area contributed by atoms with Gasteiger partial charge in [0.05, 0.1) is 18.8 Å². The molecule has 7 nitrogen and oxygen atoms in total. The van der Waals surface area contributed by atoms with Crippen LogP contribution in [0.25, 0.3) is 11.3 Å². The number of halogens is 4. The van der Waals surface area contributed by atoms with E-state index in [1.54, 1.807) is 12.1 Å². The number of hydrogen-bond donors (Lipinski definition) is 1. The van der Waals surface area contributed by atoms with Gasteiger partial charge in [-0.2, -0.15) is 13.2 Å². The predicted molar refractivity (Wildman–Crippen MR) is 115 cm³/mol. The number of carbonyl (C=O) groups excluding carboxylic acids is 1. The topological polar surface area (TPSA) is 84.8 Å². The standard InChI is InChI=1S/C24H19F4N3O4/c25-15-2-3-17(19(9-15)35-13-24(26,27)28)21-18-11-31(22(32)16(18)5-7-29-21)20-4-1-14(10-30-20)23(33)6-8-34-12-23/h1-5,7,9-10,33H,6,8,11-13H2. The number of amides is 1. The van der Waals surface area contributed by atoms with E-state index in [1.165, 1.54) is 29.4 Å². The molecule has 1 N–H and O–H groups in total. The van der Waals surface area contributed by atoms with Crippen LogP contribution in [0.1, 0.15) is 27.9 Å². The van der Waals surface area contributed by atoms with Crippen molar-refractivity contribution < 1.29 is 36.9 Å². The zero-order valence-corrected chi connectivity index (χ0v) is 18.2. The third-order valence-electron chi connectivity index (χ3n) is 6.00. The van der Waals surface area contributed by atoms with Gasteiger partial charge in [-0.25, -0.2) is 9.37 Å². The Hall–Kier alpha value is -3.57. The van der Waals surface area contributed by atoms with E-state index in [9.17, 15) is 27.5 Å². The van der Waals surface area contributed by atoms with Crippen LogP contribution in [0.2, 0.25) is 0 Å². The van der Waals surface area contributed by atoms with Crippen LogP contribution in [-0.2, 0) is 16.9 Å². The highest BCUT2D eigenvalue weighted by molar-refractivity contribution is 6.10. The number of benzene rings is 1. The average molecular weight is 489 g/mol. The molecule has 1 fully saturated rings. The summed E-state index contributed by atoms with van der Waals surface area (Å²) in [5.41, 5.74) is 0.543. The summed E-state index contributed by atoms with van der Waals surface area (Å²) in [5, 5.41) is 10.7. The van der Waals surface area contributed by atoms with E-state index in [1.807, 2.05) is 0 Å². The second kappa shape index (κ2) is 8.58. The minimum absolute atomic E-state index is 0.0488. The Morgan fingerprint density at radius 3 is 2.66 bits per heavy atom. The van der Waals surface area contributed by atoms with E-state index in [0.29, 0.717) is 35.5 Å². The smallest absolute Gasteiger partial charge is 0.422 e. The average Bonchev–Trinajstić information content (AvgIpc) is 3.42. The molecule has 0 saturated carbocycles. The van der Waals surface area contributed by atoms with Crippen molar-refractivity contribution in [2.24, 2.45) is 0 Å². The summed E-state index contributed by atoms with van der Waals surface area (Å²) in [6, 6.07) is 8.01. The lowest BCUT2D eigenvalue weighted by molar-refractivity contribution is -0.153. The van der Waals surface area contributed by atoms with Gasteiger partial charge in [0.15, 0.2) is 6.61 Å². The number of anilines is 1. The normalized spacial score (nSPS) is 19.8. The van der Waals surface area contributed by atoms with Gasteiger partial charge in [-0.1, -0.05) is 6.07 Å². The van der Waals surface area contributed by atoms with E-state index in [-0.39, 0.29) is 36.1 Å². The number of aliphatic hydroxyl groups is 1. The fraction of sp³-hybridized carbons (Fsp3) is 0.292. The molecule has 1 saturated heterocycles. The molecule has 5 rings (SSSR count). The van der Waals surface area contributed by atoms with Gasteiger partial charge in [0, 0.05) is 53.7 Å². The fourth-order valence-corrected chi connectivity index (χ4v) is 4.22. The van der Waals surface area contributed by atoms with Crippen LogP contribution in [0.15, 0.2) is 48.8 Å². The van der Waals surface area contributed by atoms with Crippen molar-refractivity contribution in [3.63, 3.8) is 0 Å². The van der Waals surface area contributed by atoms with E-state index < -0.39 is 24.2 Å². The van der Waals surface area contributed by atoms with Crippen LogP contribution in [0, 0.1) is 5.82 Å². The van der Waals surface area contributed by atoms with E-state index in [2.05, 4.69) is 9.97 Å². The van der Waals surface area contributed by atoms with Gasteiger partial charge in [0.2, 0.25) is 0 Å². The number of pyridine rings is 2. The largest absolute Gasteiger partial charge is 0.483 e. The Morgan fingerprint density at radius 2 is 1.97 bits per heavy atom. The number of alkyl halides is 3. The lowest BCUT2D eigenvalue weighted by Crippen LogP contribution is -2.27. The monoisotopic (exact) mass is 489 g/mol. The Bertz CT molecular complexity index is 1270. The van der Waals surface area contributed by atoms with Crippen molar-refractivity contribution in [1.29, 1.82) is 0 Å². The van der Waals surface area contributed by atoms with Crippen LogP contribution < -0.4 is 9.64 Å². The first-order valence-electron chi connectivity index (χ1n) is 10.7. The number of carbonyl (C=O) groups is 1. The van der Waals surface area contributed by atoms with Crippen LogP contribution in [0.5, 0.6) is 5.75 Å². The molecule has 1 aromatic carbocycles. The quantitative estimate of drug-likeness (QED) is 0.546. The summed E-state index contributed by atoms with van der Waals surface area (Å²) in [7, 11) is 0. The second-order valence-corrected chi connectivity index (χ2v) is 8.36. The first-order valence-corrected chi connectivity index (χ1v) is 10.7. The molecule has 1 unspecified atom stereocenters. The highest BCUT2D eigenvalue weighted by Crippen LogP contribution is 2.38. The number of aromatic nitrogens is 2. The molecule has 0 spiro atoms. The Kier molecular flexibility index (Phi) is 5.68. The SMILES string of the molecule is O=C1c2ccnc(-c3ccc(F)cc3OCC(F)(F)F)c2CN1c1ccc(C2(O)CCOC2)cn1. The zero-order chi connectivity index (χ0) is 24.8. The molecule has 2 aliphatic rings. The Labute approximate surface area is 196 Å². The van der Waals surface area contributed by atoms with Crippen LogP contribution in [0.4, 0.5) is 23.4 Å². The number of ether oxygens (including phenoxy) is 2. The van der Waals surface area contributed by atoms with Crippen LogP contribution in [0.3, 0.4) is 0 Å². The molecule has 0 radical (unpaired) electrons. The van der Waals surface area contributed by atoms with Crippen LogP contribution >= 0.6 is 0 Å². The van der Waals surface area contributed by atoms with Gasteiger partial charge in [-0.3, -0.25) is 14.7 Å². The first kappa shape index (κ1) is 23.2. The Balaban J connectivity index is 1.46. The molecule has 0 bridgehead atoms. The van der Waals surface area contributed by atoms with Gasteiger partial charge >= 0.3 is 6.18 Å². The number of rotatable bonds is 5. The molecule has 11 heteroatoms. The van der Waals surface area contributed by atoms with Crippen molar-refractivity contribution in [3.05, 3.63) is 71.3 Å². The molecule has 1 amide bonds. The molecule has 35 heavy (non-hydrogen) atoms. The lowest BCUT2D eigenvalue weighted by Gasteiger charge is -2.21. The maximum atomic E-state index is 13.8. The number of nitrogens with zero attached hydrogens (tertiary/aromatic N) is 3. The van der Waals surface area contributed by atoms with Gasteiger partial charge in [-0.05, 0) is 24.3 Å². The highest BCUT2D eigenvalue weighted by Gasteiger charge is 2.36. The second-order valence-electron chi connectivity index (χ2n) is 8.36. The molecule has 4 heterocycles. The van der Waals surface area contributed by atoms with E-state index in [0.717, 1.165) is 12.1 Å². The van der Waals surface area contributed by atoms with Gasteiger partial charge in [0.25, 0.3) is 5.91 Å². The molecule has 0 aliphatic carbocycles. The lowest BCUT2D eigenvalue weighted by atomic mass is 9.95. The van der Waals surface area contributed by atoms with Gasteiger partial charge in [-0.15, -0.1) is 0 Å². The summed E-state index contributed by atoms with van der Waals surface area (Å²) >= 11 is 0. The number of hydrogen-bond acceptors (Lipinski definition) is 6. The van der Waals surface area contributed by atoms with Gasteiger partial charge in [0.1, 0.15) is 23.0 Å². The van der Waals surface area contributed by atoms with Crippen molar-refractivity contribution in [3.8, 4) is 17.0 Å². The van der Waals surface area contributed by atoms with Crippen molar-refractivity contribution >= 4 is 11.7 Å². The number of fused-ring (bicyclic) bond motifs is 1. The minimum atomic E-state index is -4.61. The minimum Gasteiger partial charge on any atom is -0.483 e. The van der Waals surface area contributed by atoms with Gasteiger partial charge < -0.3 is 14.6 Å². The Morgan fingerprint density at radius 1 is 1.14 bits per heavy atom. The molecule has 2 aromatic heterocycles. The molecule has 2 aliphatic heterocycles.